The topological polar surface area (TPSA) is 54.9 Å². The number of amides is 1. The Morgan fingerprint density at radius 3 is 2.62 bits per heavy atom. The van der Waals surface area contributed by atoms with E-state index < -0.39 is 0 Å². The van der Waals surface area contributed by atoms with Crippen LogP contribution in [-0.2, 0) is 22.5 Å². The number of pyridine rings is 1. The minimum atomic E-state index is 0.103. The molecule has 2 aliphatic rings. The van der Waals surface area contributed by atoms with Gasteiger partial charge in [-0.25, -0.2) is 0 Å². The zero-order valence-corrected chi connectivity index (χ0v) is 21.8. The molecule has 0 saturated carbocycles. The number of nitrogens with zero attached hydrogens (tertiary/aromatic N) is 3. The Bertz CT molecular complexity index is 1180. The van der Waals surface area contributed by atoms with Crippen LogP contribution in [0.15, 0.2) is 67.0 Å². The van der Waals surface area contributed by atoms with Gasteiger partial charge in [-0.3, -0.25) is 9.78 Å². The molecule has 6 nitrogen and oxygen atoms in total. The summed E-state index contributed by atoms with van der Waals surface area (Å²) in [6, 6.07) is 19.0. The van der Waals surface area contributed by atoms with Crippen molar-refractivity contribution in [3.8, 4) is 16.9 Å². The van der Waals surface area contributed by atoms with Gasteiger partial charge in [0.15, 0.2) is 0 Å². The average molecular weight is 500 g/mol. The number of fused-ring (bicyclic) bond motifs is 3. The summed E-state index contributed by atoms with van der Waals surface area (Å²) < 4.78 is 12.1. The molecule has 3 aromatic rings. The minimum Gasteiger partial charge on any atom is -0.491 e. The number of benzene rings is 2. The summed E-state index contributed by atoms with van der Waals surface area (Å²) in [7, 11) is 0. The molecule has 6 heteroatoms. The lowest BCUT2D eigenvalue weighted by molar-refractivity contribution is -0.138. The van der Waals surface area contributed by atoms with Crippen molar-refractivity contribution in [2.45, 2.75) is 32.7 Å². The molecular formula is C31H37N3O3. The van der Waals surface area contributed by atoms with Crippen LogP contribution in [0.3, 0.4) is 0 Å². The van der Waals surface area contributed by atoms with Crippen LogP contribution < -0.4 is 4.74 Å². The van der Waals surface area contributed by atoms with E-state index in [1.54, 1.807) is 6.20 Å². The SMILES string of the molecule is CCN1CCC(C(=O)N2CCOCCOc3ccc(-c4cccnc4)cc3Cc3cccc(c3)C2)CC1. The van der Waals surface area contributed by atoms with E-state index in [2.05, 4.69) is 65.3 Å². The highest BCUT2D eigenvalue weighted by molar-refractivity contribution is 5.79. The smallest absolute Gasteiger partial charge is 0.226 e. The van der Waals surface area contributed by atoms with E-state index >= 15 is 0 Å². The van der Waals surface area contributed by atoms with Crippen molar-refractivity contribution in [3.05, 3.63) is 83.7 Å². The van der Waals surface area contributed by atoms with Crippen molar-refractivity contribution >= 4 is 5.91 Å². The van der Waals surface area contributed by atoms with Crippen molar-refractivity contribution in [1.82, 2.24) is 14.8 Å². The van der Waals surface area contributed by atoms with Crippen molar-refractivity contribution in [3.63, 3.8) is 0 Å². The fourth-order valence-electron chi connectivity index (χ4n) is 5.36. The number of piperidine rings is 1. The maximum Gasteiger partial charge on any atom is 0.226 e. The van der Waals surface area contributed by atoms with Crippen molar-refractivity contribution < 1.29 is 14.3 Å². The zero-order valence-electron chi connectivity index (χ0n) is 21.8. The molecule has 2 bridgehead atoms. The average Bonchev–Trinajstić information content (AvgIpc) is 2.95. The molecule has 194 valence electrons. The highest BCUT2D eigenvalue weighted by Gasteiger charge is 2.28. The van der Waals surface area contributed by atoms with Crippen LogP contribution in [0.1, 0.15) is 36.5 Å². The molecule has 37 heavy (non-hydrogen) atoms. The number of carbonyl (C=O) groups is 1. The summed E-state index contributed by atoms with van der Waals surface area (Å²) in [6.45, 7) is 7.94. The van der Waals surface area contributed by atoms with Crippen molar-refractivity contribution in [2.75, 3.05) is 46.0 Å². The van der Waals surface area contributed by atoms with Crippen LogP contribution in [0, 0.1) is 5.92 Å². The second-order valence-corrected chi connectivity index (χ2v) is 9.99. The maximum atomic E-state index is 13.5. The quantitative estimate of drug-likeness (QED) is 0.518. The normalized spacial score (nSPS) is 17.9. The van der Waals surface area contributed by atoms with Crippen LogP contribution in [0.5, 0.6) is 5.75 Å². The van der Waals surface area contributed by atoms with Gasteiger partial charge in [0.25, 0.3) is 0 Å². The van der Waals surface area contributed by atoms with Gasteiger partial charge in [-0.15, -0.1) is 0 Å². The van der Waals surface area contributed by atoms with Crippen LogP contribution in [0.25, 0.3) is 11.1 Å². The number of hydrogen-bond acceptors (Lipinski definition) is 5. The van der Waals surface area contributed by atoms with E-state index in [-0.39, 0.29) is 11.8 Å². The standard InChI is InChI=1S/C31H37N3O3/c1-2-33-13-10-26(11-14-33)31(35)34-15-16-36-17-18-37-30-9-8-27(28-7-4-12-32-22-28)21-29(30)20-24-5-3-6-25(19-24)23-34/h3-9,12,19,21-22,26H,2,10-11,13-18,20,23H2,1H3. The maximum absolute atomic E-state index is 13.5. The number of carbonyl (C=O) groups excluding carboxylic acids is 1. The van der Waals surface area contributed by atoms with E-state index in [0.717, 1.165) is 66.9 Å². The number of aromatic nitrogens is 1. The third kappa shape index (κ3) is 6.56. The monoisotopic (exact) mass is 499 g/mol. The highest BCUT2D eigenvalue weighted by atomic mass is 16.5. The highest BCUT2D eigenvalue weighted by Crippen LogP contribution is 2.29. The second-order valence-electron chi connectivity index (χ2n) is 9.99. The lowest BCUT2D eigenvalue weighted by atomic mass is 9.94. The Morgan fingerprint density at radius 1 is 0.946 bits per heavy atom. The first-order chi connectivity index (χ1) is 18.2. The lowest BCUT2D eigenvalue weighted by Gasteiger charge is -2.34. The summed E-state index contributed by atoms with van der Waals surface area (Å²) in [5, 5.41) is 0. The first-order valence-corrected chi connectivity index (χ1v) is 13.5. The van der Waals surface area contributed by atoms with Crippen LogP contribution in [0.2, 0.25) is 0 Å². The Balaban J connectivity index is 1.38. The Kier molecular flexibility index (Phi) is 8.49. The molecule has 0 radical (unpaired) electrons. The van der Waals surface area contributed by atoms with Gasteiger partial charge >= 0.3 is 0 Å². The molecule has 1 amide bonds. The summed E-state index contributed by atoms with van der Waals surface area (Å²) in [5.41, 5.74) is 5.70. The molecule has 2 aliphatic heterocycles. The molecule has 0 aliphatic carbocycles. The number of rotatable bonds is 3. The van der Waals surface area contributed by atoms with Gasteiger partial charge in [0.2, 0.25) is 5.91 Å². The molecule has 0 spiro atoms. The van der Waals surface area contributed by atoms with Gasteiger partial charge in [0.1, 0.15) is 12.4 Å². The van der Waals surface area contributed by atoms with E-state index in [1.807, 2.05) is 17.2 Å². The molecule has 1 saturated heterocycles. The van der Waals surface area contributed by atoms with Crippen LogP contribution >= 0.6 is 0 Å². The van der Waals surface area contributed by atoms with Gasteiger partial charge in [-0.2, -0.15) is 0 Å². The molecule has 0 unspecified atom stereocenters. The molecule has 0 atom stereocenters. The van der Waals surface area contributed by atoms with Gasteiger partial charge in [0.05, 0.1) is 13.2 Å². The Labute approximate surface area is 220 Å². The first kappa shape index (κ1) is 25.4. The molecule has 1 aromatic heterocycles. The minimum absolute atomic E-state index is 0.103. The van der Waals surface area contributed by atoms with Crippen LogP contribution in [0.4, 0.5) is 0 Å². The van der Waals surface area contributed by atoms with E-state index in [0.29, 0.717) is 32.9 Å². The van der Waals surface area contributed by atoms with E-state index in [4.69, 9.17) is 9.47 Å². The fourth-order valence-corrected chi connectivity index (χ4v) is 5.36. The molecule has 1 fully saturated rings. The summed E-state index contributed by atoms with van der Waals surface area (Å²) in [4.78, 5) is 22.3. The molecule has 5 rings (SSSR count). The number of likely N-dealkylation sites (tertiary alicyclic amines) is 1. The lowest BCUT2D eigenvalue weighted by Crippen LogP contribution is -2.43. The predicted molar refractivity (Wildman–Crippen MR) is 145 cm³/mol. The van der Waals surface area contributed by atoms with Crippen molar-refractivity contribution in [1.29, 1.82) is 0 Å². The molecule has 0 N–H and O–H groups in total. The van der Waals surface area contributed by atoms with Crippen molar-refractivity contribution in [2.24, 2.45) is 5.92 Å². The zero-order chi connectivity index (χ0) is 25.5. The third-order valence-electron chi connectivity index (χ3n) is 7.50. The van der Waals surface area contributed by atoms with Gasteiger partial charge in [-0.1, -0.05) is 43.3 Å². The summed E-state index contributed by atoms with van der Waals surface area (Å²) >= 11 is 0. The van der Waals surface area contributed by atoms with E-state index in [1.165, 1.54) is 5.56 Å². The van der Waals surface area contributed by atoms with Gasteiger partial charge in [-0.05, 0) is 72.9 Å². The van der Waals surface area contributed by atoms with E-state index in [9.17, 15) is 4.79 Å². The largest absolute Gasteiger partial charge is 0.491 e. The molecule has 2 aromatic carbocycles. The summed E-state index contributed by atoms with van der Waals surface area (Å²) in [5.74, 6) is 1.25. The molecule has 3 heterocycles. The second kappa shape index (κ2) is 12.3. The van der Waals surface area contributed by atoms with Gasteiger partial charge in [0, 0.05) is 43.4 Å². The Morgan fingerprint density at radius 2 is 1.81 bits per heavy atom. The Hall–Kier alpha value is -3.22. The first-order valence-electron chi connectivity index (χ1n) is 13.5. The fraction of sp³-hybridized carbons (Fsp3) is 0.419. The molecular weight excluding hydrogens is 462 g/mol. The van der Waals surface area contributed by atoms with Gasteiger partial charge < -0.3 is 19.3 Å². The predicted octanol–water partition coefficient (Wildman–Crippen LogP) is 4.81. The summed E-state index contributed by atoms with van der Waals surface area (Å²) in [6.07, 6.45) is 6.31. The van der Waals surface area contributed by atoms with Crippen LogP contribution in [-0.4, -0.2) is 66.7 Å². The number of hydrogen-bond donors (Lipinski definition) is 0. The number of ether oxygens (including phenoxy) is 2. The third-order valence-corrected chi connectivity index (χ3v) is 7.50.